The number of aliphatic carboxylic acids is 1. The number of pyridine rings is 1. The molecular weight excluding hydrogens is 308 g/mol. The fraction of sp³-hybridized carbons (Fsp3) is 0.357. The summed E-state index contributed by atoms with van der Waals surface area (Å²) in [6.07, 6.45) is 3.42. The number of hydrogen-bond acceptors (Lipinski definition) is 5. The van der Waals surface area contributed by atoms with Gasteiger partial charge in [-0.1, -0.05) is 6.92 Å². The fourth-order valence-electron chi connectivity index (χ4n) is 2.46. The van der Waals surface area contributed by atoms with Crippen LogP contribution in [0.3, 0.4) is 0 Å². The predicted octanol–water partition coefficient (Wildman–Crippen LogP) is 2.06. The van der Waals surface area contributed by atoms with Gasteiger partial charge in [-0.3, -0.25) is 14.7 Å². The summed E-state index contributed by atoms with van der Waals surface area (Å²) in [7, 11) is 0. The third-order valence-electron chi connectivity index (χ3n) is 3.58. The molecule has 0 aromatic carbocycles. The summed E-state index contributed by atoms with van der Waals surface area (Å²) in [6, 6.07) is 3.78. The van der Waals surface area contributed by atoms with Crippen LogP contribution in [0.1, 0.15) is 6.92 Å². The molecule has 1 N–H and O–H groups in total. The largest absolute Gasteiger partial charge is 0.477 e. The molecule has 1 amide bonds. The van der Waals surface area contributed by atoms with Gasteiger partial charge in [0.25, 0.3) is 0 Å². The topological polar surface area (TPSA) is 70.5 Å². The highest BCUT2D eigenvalue weighted by molar-refractivity contribution is 8.01. The number of rotatable bonds is 4. The third-order valence-corrected chi connectivity index (χ3v) is 6.15. The molecule has 0 bridgehead atoms. The summed E-state index contributed by atoms with van der Waals surface area (Å²) >= 11 is 3.21. The van der Waals surface area contributed by atoms with Gasteiger partial charge in [-0.05, 0) is 17.7 Å². The lowest BCUT2D eigenvalue weighted by Gasteiger charge is -2.48. The predicted molar refractivity (Wildman–Crippen MR) is 81.9 cm³/mol. The Morgan fingerprint density at radius 3 is 2.90 bits per heavy atom. The van der Waals surface area contributed by atoms with Crippen LogP contribution in [0.25, 0.3) is 0 Å². The van der Waals surface area contributed by atoms with Crippen molar-refractivity contribution in [3.8, 4) is 0 Å². The van der Waals surface area contributed by atoms with E-state index in [9.17, 15) is 14.7 Å². The number of carbonyl (C=O) groups is 2. The van der Waals surface area contributed by atoms with Gasteiger partial charge in [0.1, 0.15) is 5.70 Å². The Morgan fingerprint density at radius 2 is 2.24 bits per heavy atom. The van der Waals surface area contributed by atoms with Gasteiger partial charge in [0.2, 0.25) is 5.91 Å². The first kappa shape index (κ1) is 14.5. The van der Waals surface area contributed by atoms with E-state index in [-0.39, 0.29) is 22.9 Å². The maximum Gasteiger partial charge on any atom is 0.352 e. The fourth-order valence-corrected chi connectivity index (χ4v) is 4.86. The molecule has 0 saturated carbocycles. The van der Waals surface area contributed by atoms with Crippen molar-refractivity contribution in [2.24, 2.45) is 5.92 Å². The molecule has 110 valence electrons. The number of fused-ring (bicyclic) bond motifs is 1. The van der Waals surface area contributed by atoms with Crippen LogP contribution in [0.5, 0.6) is 0 Å². The minimum absolute atomic E-state index is 0.0155. The first-order valence-corrected chi connectivity index (χ1v) is 8.56. The first-order valence-electron chi connectivity index (χ1n) is 6.52. The van der Waals surface area contributed by atoms with Crippen LogP contribution < -0.4 is 0 Å². The van der Waals surface area contributed by atoms with E-state index in [0.717, 1.165) is 10.5 Å². The van der Waals surface area contributed by atoms with Crippen molar-refractivity contribution in [1.82, 2.24) is 9.88 Å². The zero-order chi connectivity index (χ0) is 15.0. The quantitative estimate of drug-likeness (QED) is 0.676. The Morgan fingerprint density at radius 1 is 1.52 bits per heavy atom. The van der Waals surface area contributed by atoms with Crippen molar-refractivity contribution in [2.45, 2.75) is 17.2 Å². The van der Waals surface area contributed by atoms with Crippen LogP contribution in [0, 0.1) is 5.92 Å². The standard InChI is InChI=1S/C14H14N2O3S2/c1-8-12(17)16-11(14(18)19)9(7-21-13(8)16)6-20-10-2-4-15-5-3-10/h2-5,8,13H,6-7H2,1H3,(H,18,19). The van der Waals surface area contributed by atoms with Gasteiger partial charge in [0, 0.05) is 28.8 Å². The number of aromatic nitrogens is 1. The monoisotopic (exact) mass is 322 g/mol. The average Bonchev–Trinajstić information content (AvgIpc) is 2.52. The Kier molecular flexibility index (Phi) is 3.95. The highest BCUT2D eigenvalue weighted by Crippen LogP contribution is 2.44. The van der Waals surface area contributed by atoms with E-state index < -0.39 is 5.97 Å². The van der Waals surface area contributed by atoms with Crippen molar-refractivity contribution in [3.63, 3.8) is 0 Å². The van der Waals surface area contributed by atoms with Crippen LogP contribution in [-0.4, -0.2) is 43.7 Å². The molecule has 21 heavy (non-hydrogen) atoms. The number of carboxylic acid groups (broad SMARTS) is 1. The van der Waals surface area contributed by atoms with Gasteiger partial charge in [0.15, 0.2) is 0 Å². The third kappa shape index (κ3) is 2.55. The lowest BCUT2D eigenvalue weighted by molar-refractivity contribution is -0.151. The molecule has 3 heterocycles. The van der Waals surface area contributed by atoms with E-state index in [2.05, 4.69) is 4.98 Å². The van der Waals surface area contributed by atoms with Crippen molar-refractivity contribution in [2.75, 3.05) is 11.5 Å². The Bertz CT molecular complexity index is 618. The summed E-state index contributed by atoms with van der Waals surface area (Å²) < 4.78 is 0. The molecule has 1 aromatic rings. The molecule has 0 radical (unpaired) electrons. The number of thioether (sulfide) groups is 2. The van der Waals surface area contributed by atoms with E-state index in [1.165, 1.54) is 4.90 Å². The lowest BCUT2D eigenvalue weighted by atomic mass is 9.98. The molecule has 2 aliphatic heterocycles. The van der Waals surface area contributed by atoms with Crippen LogP contribution in [0.15, 0.2) is 40.7 Å². The second kappa shape index (κ2) is 5.73. The van der Waals surface area contributed by atoms with Gasteiger partial charge in [-0.15, -0.1) is 23.5 Å². The van der Waals surface area contributed by atoms with E-state index in [1.54, 1.807) is 35.9 Å². The van der Waals surface area contributed by atoms with Crippen LogP contribution in [-0.2, 0) is 9.59 Å². The van der Waals surface area contributed by atoms with Gasteiger partial charge in [0.05, 0.1) is 11.3 Å². The van der Waals surface area contributed by atoms with E-state index >= 15 is 0 Å². The average molecular weight is 322 g/mol. The van der Waals surface area contributed by atoms with Gasteiger partial charge >= 0.3 is 5.97 Å². The zero-order valence-electron chi connectivity index (χ0n) is 11.4. The molecule has 5 nitrogen and oxygen atoms in total. The molecule has 2 atom stereocenters. The normalized spacial score (nSPS) is 24.6. The van der Waals surface area contributed by atoms with E-state index in [0.29, 0.717) is 11.5 Å². The summed E-state index contributed by atoms with van der Waals surface area (Å²) in [4.78, 5) is 29.9. The number of nitrogens with zero attached hydrogens (tertiary/aromatic N) is 2. The summed E-state index contributed by atoms with van der Waals surface area (Å²) in [6.45, 7) is 1.85. The molecular formula is C14H14N2O3S2. The van der Waals surface area contributed by atoms with Crippen LogP contribution in [0.4, 0.5) is 0 Å². The second-order valence-electron chi connectivity index (χ2n) is 4.93. The lowest BCUT2D eigenvalue weighted by Crippen LogP contribution is -2.60. The Hall–Kier alpha value is -1.47. The maximum atomic E-state index is 11.9. The molecule has 0 aliphatic carbocycles. The first-order chi connectivity index (χ1) is 10.1. The van der Waals surface area contributed by atoms with Crippen LogP contribution in [0.2, 0.25) is 0 Å². The van der Waals surface area contributed by atoms with Crippen molar-refractivity contribution in [3.05, 3.63) is 35.8 Å². The SMILES string of the molecule is CC1C(=O)N2C(C(=O)O)=C(CSc3ccncc3)CSC12. The molecule has 0 spiro atoms. The molecule has 1 aromatic heterocycles. The van der Waals surface area contributed by atoms with Gasteiger partial charge in [-0.25, -0.2) is 4.79 Å². The molecule has 2 unspecified atom stereocenters. The summed E-state index contributed by atoms with van der Waals surface area (Å²) in [5.41, 5.74) is 0.995. The van der Waals surface area contributed by atoms with E-state index in [1.807, 2.05) is 19.1 Å². The molecule has 1 fully saturated rings. The number of carboxylic acids is 1. The second-order valence-corrected chi connectivity index (χ2v) is 7.08. The molecule has 2 aliphatic rings. The minimum atomic E-state index is -1.01. The zero-order valence-corrected chi connectivity index (χ0v) is 13.0. The number of amides is 1. The maximum absolute atomic E-state index is 11.9. The summed E-state index contributed by atoms with van der Waals surface area (Å²) in [5, 5.41) is 9.44. The smallest absolute Gasteiger partial charge is 0.352 e. The molecule has 3 rings (SSSR count). The Labute approximate surface area is 130 Å². The van der Waals surface area contributed by atoms with Crippen molar-refractivity contribution in [1.29, 1.82) is 0 Å². The van der Waals surface area contributed by atoms with Crippen molar-refractivity contribution < 1.29 is 14.7 Å². The summed E-state index contributed by atoms with van der Waals surface area (Å²) in [5.74, 6) is 0.0582. The molecule has 1 saturated heterocycles. The highest BCUT2D eigenvalue weighted by Gasteiger charge is 2.50. The number of carbonyl (C=O) groups excluding carboxylic acids is 1. The van der Waals surface area contributed by atoms with E-state index in [4.69, 9.17) is 0 Å². The number of hydrogen-bond donors (Lipinski definition) is 1. The van der Waals surface area contributed by atoms with Crippen LogP contribution >= 0.6 is 23.5 Å². The van der Waals surface area contributed by atoms with Gasteiger partial charge in [-0.2, -0.15) is 0 Å². The Balaban J connectivity index is 1.81. The van der Waals surface area contributed by atoms with Crippen molar-refractivity contribution >= 4 is 35.4 Å². The minimum Gasteiger partial charge on any atom is -0.477 e. The molecule has 7 heteroatoms. The number of β-lactam (4-membered cyclic amide) rings is 1. The van der Waals surface area contributed by atoms with Gasteiger partial charge < -0.3 is 5.11 Å². The highest BCUT2D eigenvalue weighted by atomic mass is 32.2.